The van der Waals surface area contributed by atoms with Gasteiger partial charge in [-0.05, 0) is 33.1 Å². The van der Waals surface area contributed by atoms with Crippen LogP contribution in [0.1, 0.15) is 46.0 Å². The molecule has 3 nitrogen and oxygen atoms in total. The number of methoxy groups -OCH3 is 1. The number of ketones is 1. The lowest BCUT2D eigenvalue weighted by Gasteiger charge is -2.26. The van der Waals surface area contributed by atoms with Crippen LogP contribution in [0.2, 0.25) is 0 Å². The molecule has 0 N–H and O–H groups in total. The summed E-state index contributed by atoms with van der Waals surface area (Å²) in [6.45, 7) is 4.08. The van der Waals surface area contributed by atoms with Gasteiger partial charge in [0.25, 0.3) is 0 Å². The summed E-state index contributed by atoms with van der Waals surface area (Å²) >= 11 is 0. The molecule has 0 aromatic rings. The molecule has 1 aliphatic carbocycles. The number of hydrogen-bond donors (Lipinski definition) is 0. The van der Waals surface area contributed by atoms with E-state index in [0.717, 1.165) is 25.7 Å². The zero-order valence-corrected chi connectivity index (χ0v) is 11.0. The lowest BCUT2D eigenvalue weighted by atomic mass is 9.77. The normalized spacial score (nSPS) is 24.3. The van der Waals surface area contributed by atoms with Crippen LogP contribution >= 0.6 is 0 Å². The first-order valence-electron chi connectivity index (χ1n) is 6.28. The predicted molar refractivity (Wildman–Crippen MR) is 66.5 cm³/mol. The van der Waals surface area contributed by atoms with Crippen molar-refractivity contribution in [3.05, 3.63) is 11.6 Å². The first-order valence-corrected chi connectivity index (χ1v) is 6.28. The van der Waals surface area contributed by atoms with Crippen molar-refractivity contribution in [2.24, 2.45) is 11.8 Å². The fourth-order valence-electron chi connectivity index (χ4n) is 2.33. The molecule has 0 aromatic heterocycles. The van der Waals surface area contributed by atoms with E-state index >= 15 is 0 Å². The van der Waals surface area contributed by atoms with Crippen LogP contribution in [0, 0.1) is 11.8 Å². The zero-order valence-electron chi connectivity index (χ0n) is 11.0. The Morgan fingerprint density at radius 3 is 2.59 bits per heavy atom. The van der Waals surface area contributed by atoms with E-state index in [9.17, 15) is 9.59 Å². The van der Waals surface area contributed by atoms with Gasteiger partial charge in [0.05, 0.1) is 13.5 Å². The van der Waals surface area contributed by atoms with Gasteiger partial charge in [0.2, 0.25) is 0 Å². The van der Waals surface area contributed by atoms with Crippen molar-refractivity contribution >= 4 is 11.8 Å². The minimum absolute atomic E-state index is 0.105. The Morgan fingerprint density at radius 1 is 1.35 bits per heavy atom. The first-order chi connectivity index (χ1) is 8.04. The van der Waals surface area contributed by atoms with Crippen molar-refractivity contribution in [3.63, 3.8) is 0 Å². The number of Topliss-reactive ketones (excluding diaryl/α,β-unsaturated/α-hetero) is 1. The third kappa shape index (κ3) is 4.33. The smallest absolute Gasteiger partial charge is 0.306 e. The van der Waals surface area contributed by atoms with E-state index in [1.165, 1.54) is 12.7 Å². The fraction of sp³-hybridized carbons (Fsp3) is 0.714. The van der Waals surface area contributed by atoms with Crippen molar-refractivity contribution in [2.75, 3.05) is 7.11 Å². The number of rotatable bonds is 4. The Hall–Kier alpha value is -1.12. The maximum Gasteiger partial charge on any atom is 0.306 e. The van der Waals surface area contributed by atoms with Crippen LogP contribution in [0.25, 0.3) is 0 Å². The highest BCUT2D eigenvalue weighted by Crippen LogP contribution is 2.30. The highest BCUT2D eigenvalue weighted by Gasteiger charge is 2.31. The number of carbonyl (C=O) groups is 2. The molecule has 0 amide bonds. The van der Waals surface area contributed by atoms with Gasteiger partial charge >= 0.3 is 5.97 Å². The van der Waals surface area contributed by atoms with Crippen LogP contribution in [0.4, 0.5) is 0 Å². The number of allylic oxidation sites excluding steroid dienone is 2. The number of ether oxygens (including phenoxy) is 1. The average Bonchev–Trinajstić information content (AvgIpc) is 2.30. The molecule has 0 radical (unpaired) electrons. The molecule has 0 aliphatic heterocycles. The maximum absolute atomic E-state index is 12.2. The highest BCUT2D eigenvalue weighted by atomic mass is 16.5. The summed E-state index contributed by atoms with van der Waals surface area (Å²) in [6.07, 6.45) is 6.01. The summed E-state index contributed by atoms with van der Waals surface area (Å²) in [5.74, 6) is -0.0366. The Bertz CT molecular complexity index is 313. The second-order valence-corrected chi connectivity index (χ2v) is 5.02. The highest BCUT2D eigenvalue weighted by molar-refractivity contribution is 5.87. The first kappa shape index (κ1) is 13.9. The van der Waals surface area contributed by atoms with Crippen LogP contribution in [-0.4, -0.2) is 18.9 Å². The second kappa shape index (κ2) is 6.58. The molecule has 1 rings (SSSR count). The molecule has 2 atom stereocenters. The van der Waals surface area contributed by atoms with Gasteiger partial charge < -0.3 is 4.74 Å². The van der Waals surface area contributed by atoms with Crippen LogP contribution < -0.4 is 0 Å². The number of hydrogen-bond acceptors (Lipinski definition) is 3. The van der Waals surface area contributed by atoms with Gasteiger partial charge in [-0.3, -0.25) is 9.59 Å². The molecule has 0 aromatic carbocycles. The van der Waals surface area contributed by atoms with Crippen LogP contribution in [0.15, 0.2) is 11.6 Å². The summed E-state index contributed by atoms with van der Waals surface area (Å²) in [6, 6.07) is 0. The molecule has 0 spiro atoms. The number of carbonyl (C=O) groups excluding carboxylic acids is 2. The van der Waals surface area contributed by atoms with E-state index < -0.39 is 0 Å². The summed E-state index contributed by atoms with van der Waals surface area (Å²) < 4.78 is 4.63. The molecular formula is C14H22O3. The molecule has 1 aliphatic rings. The van der Waals surface area contributed by atoms with Crippen LogP contribution in [0.3, 0.4) is 0 Å². The van der Waals surface area contributed by atoms with E-state index in [1.54, 1.807) is 0 Å². The molecule has 1 saturated carbocycles. The Balaban J connectivity index is 2.56. The molecule has 3 heteroatoms. The van der Waals surface area contributed by atoms with Gasteiger partial charge in [-0.1, -0.05) is 18.1 Å². The van der Waals surface area contributed by atoms with Crippen molar-refractivity contribution in [3.8, 4) is 0 Å². The largest absolute Gasteiger partial charge is 0.469 e. The molecule has 1 unspecified atom stereocenters. The van der Waals surface area contributed by atoms with E-state index in [0.29, 0.717) is 0 Å². The maximum atomic E-state index is 12.2. The third-order valence-electron chi connectivity index (χ3n) is 3.36. The van der Waals surface area contributed by atoms with Gasteiger partial charge in [0.15, 0.2) is 0 Å². The Kier molecular flexibility index (Phi) is 5.39. The van der Waals surface area contributed by atoms with Crippen LogP contribution in [0.5, 0.6) is 0 Å². The van der Waals surface area contributed by atoms with Crippen LogP contribution in [-0.2, 0) is 14.3 Å². The Labute approximate surface area is 103 Å². The molecule has 96 valence electrons. The van der Waals surface area contributed by atoms with Crippen molar-refractivity contribution < 1.29 is 14.3 Å². The van der Waals surface area contributed by atoms with Crippen molar-refractivity contribution in [1.29, 1.82) is 0 Å². The standard InChI is InChI=1S/C14H22O3/c1-10(2)7-8-11-5-4-6-12(14(11)16)9-13(15)17-3/h7,11-12H,4-6,8-9H2,1-3H3/t11?,12-/m0/s1. The summed E-state index contributed by atoms with van der Waals surface area (Å²) in [5, 5.41) is 0. The minimum Gasteiger partial charge on any atom is -0.469 e. The zero-order chi connectivity index (χ0) is 12.8. The lowest BCUT2D eigenvalue weighted by molar-refractivity contribution is -0.145. The Morgan fingerprint density at radius 2 is 2.00 bits per heavy atom. The van der Waals surface area contributed by atoms with E-state index in [4.69, 9.17) is 0 Å². The molecule has 0 bridgehead atoms. The van der Waals surface area contributed by atoms with Gasteiger partial charge in [-0.25, -0.2) is 0 Å². The van der Waals surface area contributed by atoms with Crippen molar-refractivity contribution in [1.82, 2.24) is 0 Å². The summed E-state index contributed by atoms with van der Waals surface area (Å²) in [4.78, 5) is 23.4. The second-order valence-electron chi connectivity index (χ2n) is 5.02. The topological polar surface area (TPSA) is 43.4 Å². The fourth-order valence-corrected chi connectivity index (χ4v) is 2.33. The van der Waals surface area contributed by atoms with Crippen molar-refractivity contribution in [2.45, 2.75) is 46.0 Å². The quantitative estimate of drug-likeness (QED) is 0.558. The molecule has 0 heterocycles. The molecule has 0 saturated heterocycles. The van der Waals surface area contributed by atoms with Gasteiger partial charge in [0.1, 0.15) is 5.78 Å². The monoisotopic (exact) mass is 238 g/mol. The van der Waals surface area contributed by atoms with E-state index in [-0.39, 0.29) is 30.0 Å². The summed E-state index contributed by atoms with van der Waals surface area (Å²) in [7, 11) is 1.37. The van der Waals surface area contributed by atoms with Gasteiger partial charge in [-0.2, -0.15) is 0 Å². The van der Waals surface area contributed by atoms with Gasteiger partial charge in [-0.15, -0.1) is 0 Å². The number of esters is 1. The third-order valence-corrected chi connectivity index (χ3v) is 3.36. The predicted octanol–water partition coefficient (Wildman–Crippen LogP) is 2.89. The molecule has 17 heavy (non-hydrogen) atoms. The average molecular weight is 238 g/mol. The van der Waals surface area contributed by atoms with E-state index in [1.807, 2.05) is 13.8 Å². The van der Waals surface area contributed by atoms with E-state index in [2.05, 4.69) is 10.8 Å². The molecule has 1 fully saturated rings. The molecular weight excluding hydrogens is 216 g/mol. The van der Waals surface area contributed by atoms with Gasteiger partial charge in [0, 0.05) is 11.8 Å². The SMILES string of the molecule is COC(=O)C[C@@H]1CCCC(CC=C(C)C)C1=O. The minimum atomic E-state index is -0.272. The lowest BCUT2D eigenvalue weighted by Crippen LogP contribution is -2.30. The summed E-state index contributed by atoms with van der Waals surface area (Å²) in [5.41, 5.74) is 1.24.